The van der Waals surface area contributed by atoms with Crippen LogP contribution in [0.1, 0.15) is 4.88 Å². The molecular weight excluding hydrogens is 388 g/mol. The van der Waals surface area contributed by atoms with Gasteiger partial charge in [0.15, 0.2) is 0 Å². The van der Waals surface area contributed by atoms with E-state index in [0.717, 1.165) is 15.4 Å². The number of hydrogen-bond donors (Lipinski definition) is 1. The van der Waals surface area contributed by atoms with Gasteiger partial charge in [-0.2, -0.15) is 4.31 Å². The summed E-state index contributed by atoms with van der Waals surface area (Å²) < 4.78 is 48.6. The standard InChI is InChI=1S/C10H17BrN2O4S3/c1-12-7-8-6-9(10(11)18-8)20(16,17)13(2)4-5-19(3,14)15/h6,12H,4-5,7H2,1-3H3. The Kier molecular flexibility index (Phi) is 6.17. The largest absolute Gasteiger partial charge is 0.315 e. The van der Waals surface area contributed by atoms with E-state index in [-0.39, 0.29) is 17.2 Å². The van der Waals surface area contributed by atoms with E-state index < -0.39 is 19.9 Å². The van der Waals surface area contributed by atoms with Crippen LogP contribution in [0, 0.1) is 0 Å². The lowest BCUT2D eigenvalue weighted by molar-refractivity contribution is 0.484. The van der Waals surface area contributed by atoms with Crippen LogP contribution in [0.15, 0.2) is 14.7 Å². The first-order chi connectivity index (χ1) is 9.08. The number of rotatable bonds is 7. The van der Waals surface area contributed by atoms with Gasteiger partial charge in [0, 0.05) is 31.3 Å². The van der Waals surface area contributed by atoms with E-state index in [2.05, 4.69) is 21.2 Å². The van der Waals surface area contributed by atoms with Crippen molar-refractivity contribution < 1.29 is 16.8 Å². The molecule has 6 nitrogen and oxygen atoms in total. The van der Waals surface area contributed by atoms with Gasteiger partial charge in [0.2, 0.25) is 10.0 Å². The highest BCUT2D eigenvalue weighted by Crippen LogP contribution is 2.33. The summed E-state index contributed by atoms with van der Waals surface area (Å²) in [6.45, 7) is 0.511. The van der Waals surface area contributed by atoms with E-state index in [0.29, 0.717) is 10.3 Å². The Bertz CT molecular complexity index is 667. The molecule has 1 heterocycles. The summed E-state index contributed by atoms with van der Waals surface area (Å²) in [5.74, 6) is -0.201. The van der Waals surface area contributed by atoms with Crippen LogP contribution in [0.4, 0.5) is 0 Å². The quantitative estimate of drug-likeness (QED) is 0.729. The Morgan fingerprint density at radius 2 is 1.95 bits per heavy atom. The number of hydrogen-bond acceptors (Lipinski definition) is 6. The average Bonchev–Trinajstić information content (AvgIpc) is 2.67. The molecule has 0 unspecified atom stereocenters. The molecule has 0 bridgehead atoms. The zero-order chi connectivity index (χ0) is 15.6. The van der Waals surface area contributed by atoms with Gasteiger partial charge in [0.05, 0.1) is 9.54 Å². The molecule has 0 aliphatic rings. The van der Waals surface area contributed by atoms with E-state index in [9.17, 15) is 16.8 Å². The molecule has 1 rings (SSSR count). The predicted octanol–water partition coefficient (Wildman–Crippen LogP) is 0.895. The maximum absolute atomic E-state index is 12.4. The topological polar surface area (TPSA) is 83.6 Å². The minimum absolute atomic E-state index is 0.0647. The van der Waals surface area contributed by atoms with E-state index in [4.69, 9.17) is 0 Å². The van der Waals surface area contributed by atoms with Gasteiger partial charge in [0.1, 0.15) is 14.7 Å². The number of nitrogens with zero attached hydrogens (tertiary/aromatic N) is 1. The predicted molar refractivity (Wildman–Crippen MR) is 84.3 cm³/mol. The van der Waals surface area contributed by atoms with Crippen LogP contribution in [0.3, 0.4) is 0 Å². The van der Waals surface area contributed by atoms with Gasteiger partial charge in [-0.15, -0.1) is 11.3 Å². The first-order valence-electron chi connectivity index (χ1n) is 5.65. The fourth-order valence-corrected chi connectivity index (χ4v) is 5.95. The molecule has 0 aliphatic carbocycles. The molecule has 20 heavy (non-hydrogen) atoms. The summed E-state index contributed by atoms with van der Waals surface area (Å²) in [7, 11) is -3.73. The van der Waals surface area contributed by atoms with Gasteiger partial charge in [0.25, 0.3) is 0 Å². The molecule has 10 heteroatoms. The second kappa shape index (κ2) is 6.84. The molecule has 0 amide bonds. The number of nitrogens with one attached hydrogen (secondary N) is 1. The number of thiophene rings is 1. The smallest absolute Gasteiger partial charge is 0.244 e. The molecule has 1 N–H and O–H groups in total. The van der Waals surface area contributed by atoms with Gasteiger partial charge in [-0.25, -0.2) is 16.8 Å². The molecular formula is C10H17BrN2O4S3. The Hall–Kier alpha value is -0.000000000000000194. The van der Waals surface area contributed by atoms with E-state index in [1.165, 1.54) is 18.4 Å². The monoisotopic (exact) mass is 404 g/mol. The maximum atomic E-state index is 12.4. The molecule has 0 radical (unpaired) electrons. The van der Waals surface area contributed by atoms with Crippen molar-refractivity contribution in [3.63, 3.8) is 0 Å². The fourth-order valence-electron chi connectivity index (χ4n) is 1.42. The minimum atomic E-state index is -3.68. The highest BCUT2D eigenvalue weighted by atomic mass is 79.9. The number of sulfone groups is 1. The van der Waals surface area contributed by atoms with Crippen LogP contribution in [-0.4, -0.2) is 53.8 Å². The third-order valence-corrected chi connectivity index (χ3v) is 7.56. The SMILES string of the molecule is CNCc1cc(S(=O)(=O)N(C)CCS(C)(=O)=O)c(Br)s1. The average molecular weight is 405 g/mol. The lowest BCUT2D eigenvalue weighted by Crippen LogP contribution is -2.31. The second-order valence-electron chi connectivity index (χ2n) is 4.34. The number of halogens is 1. The van der Waals surface area contributed by atoms with Crippen molar-refractivity contribution in [2.45, 2.75) is 11.4 Å². The Labute approximate surface area is 132 Å². The normalized spacial score (nSPS) is 13.1. The van der Waals surface area contributed by atoms with Crippen molar-refractivity contribution in [1.82, 2.24) is 9.62 Å². The van der Waals surface area contributed by atoms with Gasteiger partial charge >= 0.3 is 0 Å². The van der Waals surface area contributed by atoms with Crippen LogP contribution in [0.25, 0.3) is 0 Å². The van der Waals surface area contributed by atoms with Crippen LogP contribution in [-0.2, 0) is 26.4 Å². The van der Waals surface area contributed by atoms with E-state index in [1.54, 1.807) is 13.1 Å². The Morgan fingerprint density at radius 3 is 2.45 bits per heavy atom. The third kappa shape index (κ3) is 4.78. The van der Waals surface area contributed by atoms with Gasteiger partial charge < -0.3 is 5.32 Å². The lowest BCUT2D eigenvalue weighted by atomic mass is 10.5. The van der Waals surface area contributed by atoms with Crippen molar-refractivity contribution in [3.8, 4) is 0 Å². The van der Waals surface area contributed by atoms with Crippen molar-refractivity contribution >= 4 is 47.1 Å². The molecule has 1 aromatic rings. The Morgan fingerprint density at radius 1 is 1.35 bits per heavy atom. The highest BCUT2D eigenvalue weighted by molar-refractivity contribution is 9.11. The molecule has 0 saturated heterocycles. The zero-order valence-corrected chi connectivity index (χ0v) is 15.4. The second-order valence-corrected chi connectivity index (χ2v) is 11.1. The van der Waals surface area contributed by atoms with Crippen LogP contribution < -0.4 is 5.32 Å². The first-order valence-corrected chi connectivity index (χ1v) is 10.8. The van der Waals surface area contributed by atoms with Crippen molar-refractivity contribution in [3.05, 3.63) is 14.7 Å². The Balaban J connectivity index is 2.98. The molecule has 0 aliphatic heterocycles. The highest BCUT2D eigenvalue weighted by Gasteiger charge is 2.26. The molecule has 116 valence electrons. The third-order valence-electron chi connectivity index (χ3n) is 2.52. The van der Waals surface area contributed by atoms with Gasteiger partial charge in [-0.05, 0) is 29.0 Å². The first kappa shape index (κ1) is 18.1. The minimum Gasteiger partial charge on any atom is -0.315 e. The number of sulfonamides is 1. The zero-order valence-electron chi connectivity index (χ0n) is 11.4. The van der Waals surface area contributed by atoms with E-state index >= 15 is 0 Å². The molecule has 0 fully saturated rings. The summed E-state index contributed by atoms with van der Waals surface area (Å²) in [6.07, 6.45) is 1.08. The van der Waals surface area contributed by atoms with Crippen molar-refractivity contribution in [1.29, 1.82) is 0 Å². The molecule has 1 aromatic heterocycles. The summed E-state index contributed by atoms with van der Waals surface area (Å²) in [4.78, 5) is 1.05. The maximum Gasteiger partial charge on any atom is 0.244 e. The van der Waals surface area contributed by atoms with Crippen molar-refractivity contribution in [2.75, 3.05) is 32.6 Å². The molecule has 0 aromatic carbocycles. The molecule has 0 atom stereocenters. The molecule has 0 spiro atoms. The summed E-state index contributed by atoms with van der Waals surface area (Å²) in [6, 6.07) is 1.59. The van der Waals surface area contributed by atoms with Crippen molar-refractivity contribution in [2.24, 2.45) is 0 Å². The van der Waals surface area contributed by atoms with Crippen LogP contribution in [0.2, 0.25) is 0 Å². The summed E-state index contributed by atoms with van der Waals surface area (Å²) >= 11 is 4.59. The summed E-state index contributed by atoms with van der Waals surface area (Å²) in [5.41, 5.74) is 0. The van der Waals surface area contributed by atoms with Gasteiger partial charge in [-0.1, -0.05) is 0 Å². The molecule has 0 saturated carbocycles. The van der Waals surface area contributed by atoms with Crippen LogP contribution in [0.5, 0.6) is 0 Å². The van der Waals surface area contributed by atoms with E-state index in [1.807, 2.05) is 0 Å². The fraction of sp³-hybridized carbons (Fsp3) is 0.600. The lowest BCUT2D eigenvalue weighted by Gasteiger charge is -2.16. The van der Waals surface area contributed by atoms with Gasteiger partial charge in [-0.3, -0.25) is 0 Å². The van der Waals surface area contributed by atoms with Crippen LogP contribution >= 0.6 is 27.3 Å². The summed E-state index contributed by atoms with van der Waals surface area (Å²) in [5, 5.41) is 2.95.